The minimum Gasteiger partial charge on any atom is -0.493 e. The third-order valence-electron chi connectivity index (χ3n) is 2.77. The SMILES string of the molecule is CCCCOc1ccc(C(N)CC(=O)O)cc1OC. The smallest absolute Gasteiger partial charge is 0.305 e. The monoisotopic (exact) mass is 267 g/mol. The van der Waals surface area contributed by atoms with Gasteiger partial charge in [0.15, 0.2) is 11.5 Å². The highest BCUT2D eigenvalue weighted by Gasteiger charge is 2.13. The predicted molar refractivity (Wildman–Crippen MR) is 72.6 cm³/mol. The van der Waals surface area contributed by atoms with E-state index in [0.29, 0.717) is 18.1 Å². The van der Waals surface area contributed by atoms with Crippen molar-refractivity contribution in [2.45, 2.75) is 32.2 Å². The zero-order valence-corrected chi connectivity index (χ0v) is 11.4. The molecular formula is C14H21NO4. The summed E-state index contributed by atoms with van der Waals surface area (Å²) in [5.41, 5.74) is 6.54. The number of carboxylic acids is 1. The average molecular weight is 267 g/mol. The Hall–Kier alpha value is -1.75. The van der Waals surface area contributed by atoms with Crippen molar-refractivity contribution in [3.05, 3.63) is 23.8 Å². The molecule has 0 aliphatic carbocycles. The molecular weight excluding hydrogens is 246 g/mol. The van der Waals surface area contributed by atoms with Crippen LogP contribution in [0.4, 0.5) is 0 Å². The van der Waals surface area contributed by atoms with Crippen LogP contribution in [-0.2, 0) is 4.79 Å². The van der Waals surface area contributed by atoms with Crippen molar-refractivity contribution in [3.8, 4) is 11.5 Å². The van der Waals surface area contributed by atoms with E-state index in [1.165, 1.54) is 0 Å². The number of unbranched alkanes of at least 4 members (excludes halogenated alkanes) is 1. The van der Waals surface area contributed by atoms with E-state index in [9.17, 15) is 4.79 Å². The molecule has 0 fully saturated rings. The van der Waals surface area contributed by atoms with Crippen molar-refractivity contribution < 1.29 is 19.4 Å². The van der Waals surface area contributed by atoms with Gasteiger partial charge in [-0.15, -0.1) is 0 Å². The second-order valence-corrected chi connectivity index (χ2v) is 4.32. The zero-order valence-electron chi connectivity index (χ0n) is 11.4. The van der Waals surface area contributed by atoms with Gasteiger partial charge in [0.05, 0.1) is 20.1 Å². The van der Waals surface area contributed by atoms with Gasteiger partial charge >= 0.3 is 5.97 Å². The second kappa shape index (κ2) is 7.63. The first kappa shape index (κ1) is 15.3. The van der Waals surface area contributed by atoms with Crippen LogP contribution in [0, 0.1) is 0 Å². The first-order valence-corrected chi connectivity index (χ1v) is 6.36. The molecule has 5 heteroatoms. The topological polar surface area (TPSA) is 81.8 Å². The highest BCUT2D eigenvalue weighted by Crippen LogP contribution is 2.30. The standard InChI is InChI=1S/C14H21NO4/c1-3-4-7-19-12-6-5-10(8-13(12)18-2)11(15)9-14(16)17/h5-6,8,11H,3-4,7,9,15H2,1-2H3,(H,16,17). The number of hydrogen-bond donors (Lipinski definition) is 2. The first-order chi connectivity index (χ1) is 9.08. The van der Waals surface area contributed by atoms with Crippen LogP contribution in [-0.4, -0.2) is 24.8 Å². The molecule has 0 heterocycles. The number of aliphatic carboxylic acids is 1. The number of nitrogens with two attached hydrogens (primary N) is 1. The highest BCUT2D eigenvalue weighted by molar-refractivity contribution is 5.68. The van der Waals surface area contributed by atoms with Gasteiger partial charge in [-0.2, -0.15) is 0 Å². The zero-order chi connectivity index (χ0) is 14.3. The molecule has 0 amide bonds. The normalized spacial score (nSPS) is 11.9. The summed E-state index contributed by atoms with van der Waals surface area (Å²) in [6, 6.07) is 4.73. The summed E-state index contributed by atoms with van der Waals surface area (Å²) in [7, 11) is 1.55. The van der Waals surface area contributed by atoms with Gasteiger partial charge in [-0.25, -0.2) is 0 Å². The molecule has 1 aromatic rings. The van der Waals surface area contributed by atoms with Crippen molar-refractivity contribution >= 4 is 5.97 Å². The van der Waals surface area contributed by atoms with Crippen molar-refractivity contribution in [1.29, 1.82) is 0 Å². The number of carboxylic acid groups (broad SMARTS) is 1. The van der Waals surface area contributed by atoms with Crippen LogP contribution in [0.25, 0.3) is 0 Å². The Balaban J connectivity index is 2.79. The molecule has 0 radical (unpaired) electrons. The van der Waals surface area contributed by atoms with Gasteiger partial charge in [0.1, 0.15) is 0 Å². The molecule has 0 aliphatic rings. The van der Waals surface area contributed by atoms with E-state index in [-0.39, 0.29) is 6.42 Å². The van der Waals surface area contributed by atoms with E-state index >= 15 is 0 Å². The molecule has 3 N–H and O–H groups in total. The van der Waals surface area contributed by atoms with E-state index in [0.717, 1.165) is 18.4 Å². The number of rotatable bonds is 8. The lowest BCUT2D eigenvalue weighted by Gasteiger charge is -2.14. The van der Waals surface area contributed by atoms with Gasteiger partial charge in [-0.1, -0.05) is 19.4 Å². The predicted octanol–water partition coefficient (Wildman–Crippen LogP) is 2.35. The summed E-state index contributed by atoms with van der Waals surface area (Å²) in [6.45, 7) is 2.72. The fourth-order valence-corrected chi connectivity index (χ4v) is 1.67. The number of carbonyl (C=O) groups is 1. The van der Waals surface area contributed by atoms with Crippen LogP contribution in [0.5, 0.6) is 11.5 Å². The first-order valence-electron chi connectivity index (χ1n) is 6.36. The maximum Gasteiger partial charge on any atom is 0.305 e. The summed E-state index contributed by atoms with van der Waals surface area (Å²) >= 11 is 0. The molecule has 0 saturated carbocycles. The van der Waals surface area contributed by atoms with E-state index in [2.05, 4.69) is 6.92 Å². The molecule has 0 aliphatic heterocycles. The average Bonchev–Trinajstić information content (AvgIpc) is 2.38. The molecule has 1 atom stereocenters. The Kier molecular flexibility index (Phi) is 6.15. The lowest BCUT2D eigenvalue weighted by atomic mass is 10.0. The van der Waals surface area contributed by atoms with Crippen LogP contribution in [0.1, 0.15) is 37.8 Å². The molecule has 0 spiro atoms. The second-order valence-electron chi connectivity index (χ2n) is 4.32. The summed E-state index contributed by atoms with van der Waals surface area (Å²) in [4.78, 5) is 10.6. The fraction of sp³-hybridized carbons (Fsp3) is 0.500. The van der Waals surface area contributed by atoms with Crippen LogP contribution in [0.2, 0.25) is 0 Å². The Bertz CT molecular complexity index is 420. The molecule has 1 aromatic carbocycles. The Labute approximate surface area is 113 Å². The van der Waals surface area contributed by atoms with Crippen molar-refractivity contribution in [3.63, 3.8) is 0 Å². The van der Waals surface area contributed by atoms with Gasteiger partial charge in [0, 0.05) is 6.04 Å². The van der Waals surface area contributed by atoms with Gasteiger partial charge in [0.2, 0.25) is 0 Å². The van der Waals surface area contributed by atoms with E-state index < -0.39 is 12.0 Å². The summed E-state index contributed by atoms with van der Waals surface area (Å²) in [5.74, 6) is 0.311. The van der Waals surface area contributed by atoms with E-state index in [1.807, 2.05) is 0 Å². The molecule has 0 bridgehead atoms. The number of hydrogen-bond acceptors (Lipinski definition) is 4. The third-order valence-corrected chi connectivity index (χ3v) is 2.77. The molecule has 1 rings (SSSR count). The number of ether oxygens (including phenoxy) is 2. The number of methoxy groups -OCH3 is 1. The lowest BCUT2D eigenvalue weighted by Crippen LogP contribution is -2.15. The third kappa shape index (κ3) is 4.79. The maximum atomic E-state index is 10.6. The van der Waals surface area contributed by atoms with Crippen LogP contribution < -0.4 is 15.2 Å². The summed E-state index contributed by atoms with van der Waals surface area (Å²) in [5, 5.41) is 8.73. The van der Waals surface area contributed by atoms with Gasteiger partial charge < -0.3 is 20.3 Å². The maximum absolute atomic E-state index is 10.6. The highest BCUT2D eigenvalue weighted by atomic mass is 16.5. The van der Waals surface area contributed by atoms with Gasteiger partial charge in [0.25, 0.3) is 0 Å². The molecule has 0 saturated heterocycles. The molecule has 0 aromatic heterocycles. The van der Waals surface area contributed by atoms with Crippen LogP contribution in [0.3, 0.4) is 0 Å². The van der Waals surface area contributed by atoms with E-state index in [1.54, 1.807) is 25.3 Å². The molecule has 19 heavy (non-hydrogen) atoms. The Morgan fingerprint density at radius 1 is 1.42 bits per heavy atom. The molecule has 106 valence electrons. The van der Waals surface area contributed by atoms with Gasteiger partial charge in [-0.3, -0.25) is 4.79 Å². The van der Waals surface area contributed by atoms with E-state index in [4.69, 9.17) is 20.3 Å². The fourth-order valence-electron chi connectivity index (χ4n) is 1.67. The Morgan fingerprint density at radius 2 is 2.16 bits per heavy atom. The summed E-state index contributed by atoms with van der Waals surface area (Å²) in [6.07, 6.45) is 1.92. The molecule has 1 unspecified atom stereocenters. The number of benzene rings is 1. The largest absolute Gasteiger partial charge is 0.493 e. The van der Waals surface area contributed by atoms with Crippen molar-refractivity contribution in [1.82, 2.24) is 0 Å². The van der Waals surface area contributed by atoms with Gasteiger partial charge in [-0.05, 0) is 24.1 Å². The van der Waals surface area contributed by atoms with Crippen molar-refractivity contribution in [2.75, 3.05) is 13.7 Å². The van der Waals surface area contributed by atoms with Crippen LogP contribution in [0.15, 0.2) is 18.2 Å². The van der Waals surface area contributed by atoms with Crippen LogP contribution >= 0.6 is 0 Å². The molecule has 5 nitrogen and oxygen atoms in total. The Morgan fingerprint density at radius 3 is 2.74 bits per heavy atom. The van der Waals surface area contributed by atoms with Crippen molar-refractivity contribution in [2.24, 2.45) is 5.73 Å². The minimum atomic E-state index is -0.922. The lowest BCUT2D eigenvalue weighted by molar-refractivity contribution is -0.137. The quantitative estimate of drug-likeness (QED) is 0.706. The summed E-state index contributed by atoms with van der Waals surface area (Å²) < 4.78 is 10.8. The minimum absolute atomic E-state index is 0.112.